The molecule has 28 heavy (non-hydrogen) atoms. The molecule has 0 saturated carbocycles. The molecule has 0 fully saturated rings. The molecule has 0 radical (unpaired) electrons. The van der Waals surface area contributed by atoms with Crippen molar-refractivity contribution in [3.05, 3.63) is 41.5 Å². The van der Waals surface area contributed by atoms with Gasteiger partial charge in [-0.2, -0.15) is 0 Å². The van der Waals surface area contributed by atoms with Crippen LogP contribution >= 0.6 is 0 Å². The Balaban J connectivity index is 2.12. The molecular formula is C20H23NO7. The Morgan fingerprint density at radius 1 is 0.893 bits per heavy atom. The molecule has 2 rings (SSSR count). The minimum atomic E-state index is -1.07. The smallest absolute Gasteiger partial charge is 0.335 e. The van der Waals surface area contributed by atoms with Crippen molar-refractivity contribution in [2.75, 3.05) is 33.8 Å². The van der Waals surface area contributed by atoms with Crippen LogP contribution in [0.1, 0.15) is 22.3 Å². The highest BCUT2D eigenvalue weighted by Gasteiger charge is 2.17. The predicted octanol–water partition coefficient (Wildman–Crippen LogP) is 2.99. The zero-order valence-electron chi connectivity index (χ0n) is 16.2. The summed E-state index contributed by atoms with van der Waals surface area (Å²) >= 11 is 0. The summed E-state index contributed by atoms with van der Waals surface area (Å²) in [4.78, 5) is 23.4. The molecule has 0 spiro atoms. The van der Waals surface area contributed by atoms with E-state index in [0.717, 1.165) is 5.56 Å². The van der Waals surface area contributed by atoms with E-state index in [1.807, 2.05) is 6.07 Å². The number of hydrogen-bond acceptors (Lipinski definition) is 6. The van der Waals surface area contributed by atoms with Crippen LogP contribution in [-0.4, -0.2) is 45.4 Å². The van der Waals surface area contributed by atoms with Gasteiger partial charge in [-0.15, -0.1) is 0 Å². The van der Waals surface area contributed by atoms with Crippen molar-refractivity contribution in [2.24, 2.45) is 0 Å². The molecule has 150 valence electrons. The zero-order valence-corrected chi connectivity index (χ0v) is 16.2. The van der Waals surface area contributed by atoms with Gasteiger partial charge >= 0.3 is 5.97 Å². The van der Waals surface area contributed by atoms with Crippen molar-refractivity contribution in [1.29, 1.82) is 0 Å². The van der Waals surface area contributed by atoms with Crippen LogP contribution < -0.4 is 24.3 Å². The van der Waals surface area contributed by atoms with Crippen molar-refractivity contribution < 1.29 is 33.6 Å². The van der Waals surface area contributed by atoms with Crippen molar-refractivity contribution in [3.8, 4) is 23.0 Å². The molecule has 1 amide bonds. The summed E-state index contributed by atoms with van der Waals surface area (Å²) in [5, 5.41) is 11.8. The normalized spacial score (nSPS) is 10.1. The number of rotatable bonds is 9. The van der Waals surface area contributed by atoms with E-state index in [-0.39, 0.29) is 23.6 Å². The lowest BCUT2D eigenvalue weighted by molar-refractivity contribution is -0.116. The minimum Gasteiger partial charge on any atom is -0.495 e. The number of carbonyl (C=O) groups is 2. The second kappa shape index (κ2) is 9.50. The number of carboxylic acids is 1. The number of carbonyl (C=O) groups excluding carboxylic acids is 1. The fraction of sp³-hybridized carbons (Fsp3) is 0.300. The second-order valence-corrected chi connectivity index (χ2v) is 5.76. The van der Waals surface area contributed by atoms with Crippen LogP contribution in [0.2, 0.25) is 0 Å². The van der Waals surface area contributed by atoms with Gasteiger partial charge in [0.1, 0.15) is 5.75 Å². The van der Waals surface area contributed by atoms with Crippen LogP contribution in [0, 0.1) is 0 Å². The van der Waals surface area contributed by atoms with Gasteiger partial charge in [0.15, 0.2) is 11.5 Å². The molecule has 2 aromatic carbocycles. The number of amides is 1. The number of nitrogens with one attached hydrogen (secondary N) is 1. The molecule has 0 aromatic heterocycles. The molecule has 0 bridgehead atoms. The number of aromatic carboxylic acids is 1. The Morgan fingerprint density at radius 2 is 1.57 bits per heavy atom. The van der Waals surface area contributed by atoms with Gasteiger partial charge in [-0.25, -0.2) is 4.79 Å². The van der Waals surface area contributed by atoms with E-state index in [2.05, 4.69) is 5.32 Å². The summed E-state index contributed by atoms with van der Waals surface area (Å²) < 4.78 is 21.2. The highest BCUT2D eigenvalue weighted by Crippen LogP contribution is 2.40. The summed E-state index contributed by atoms with van der Waals surface area (Å²) in [6, 6.07) is 7.82. The monoisotopic (exact) mass is 389 g/mol. The second-order valence-electron chi connectivity index (χ2n) is 5.76. The van der Waals surface area contributed by atoms with E-state index in [0.29, 0.717) is 29.4 Å². The molecule has 2 aromatic rings. The quantitative estimate of drug-likeness (QED) is 0.679. The predicted molar refractivity (Wildman–Crippen MR) is 103 cm³/mol. The van der Waals surface area contributed by atoms with Crippen LogP contribution in [0.15, 0.2) is 30.3 Å². The average Bonchev–Trinajstić information content (AvgIpc) is 2.71. The summed E-state index contributed by atoms with van der Waals surface area (Å²) in [5.41, 5.74) is 1.27. The van der Waals surface area contributed by atoms with Crippen LogP contribution in [0.4, 0.5) is 5.69 Å². The van der Waals surface area contributed by atoms with Gasteiger partial charge in [0.05, 0.1) is 39.7 Å². The van der Waals surface area contributed by atoms with Gasteiger partial charge < -0.3 is 29.4 Å². The number of carboxylic acid groups (broad SMARTS) is 1. The van der Waals surface area contributed by atoms with Gasteiger partial charge in [-0.3, -0.25) is 4.79 Å². The largest absolute Gasteiger partial charge is 0.495 e. The maximum absolute atomic E-state index is 12.4. The first kappa shape index (κ1) is 20.9. The van der Waals surface area contributed by atoms with Gasteiger partial charge in [0.25, 0.3) is 0 Å². The Morgan fingerprint density at radius 3 is 2.14 bits per heavy atom. The first-order valence-corrected chi connectivity index (χ1v) is 8.44. The van der Waals surface area contributed by atoms with Crippen LogP contribution in [0.5, 0.6) is 23.0 Å². The maximum Gasteiger partial charge on any atom is 0.335 e. The summed E-state index contributed by atoms with van der Waals surface area (Å²) in [6.45, 7) is 0. The third-order valence-electron chi connectivity index (χ3n) is 4.13. The lowest BCUT2D eigenvalue weighted by Gasteiger charge is -2.16. The van der Waals surface area contributed by atoms with Gasteiger partial charge in [0.2, 0.25) is 11.7 Å². The number of ether oxygens (including phenoxy) is 4. The first-order valence-electron chi connectivity index (χ1n) is 8.44. The molecular weight excluding hydrogens is 366 g/mol. The van der Waals surface area contributed by atoms with Crippen LogP contribution in [-0.2, 0) is 11.2 Å². The molecule has 0 unspecified atom stereocenters. The lowest BCUT2D eigenvalue weighted by Crippen LogP contribution is -2.14. The Labute approximate surface area is 163 Å². The summed E-state index contributed by atoms with van der Waals surface area (Å²) in [6.07, 6.45) is 0.584. The average molecular weight is 389 g/mol. The summed E-state index contributed by atoms with van der Waals surface area (Å²) in [5.74, 6) is 0.467. The standard InChI is InChI=1S/C20H23NO7/c1-25-15-9-6-12(18(27-3)19(15)28-4)7-10-17(22)21-14-8-5-13(20(23)24)11-16(14)26-2/h5-6,8-9,11H,7,10H2,1-4H3,(H,21,22)(H,23,24). The highest BCUT2D eigenvalue weighted by atomic mass is 16.5. The van der Waals surface area contributed by atoms with E-state index in [4.69, 9.17) is 24.1 Å². The zero-order chi connectivity index (χ0) is 20.7. The van der Waals surface area contributed by atoms with Crippen molar-refractivity contribution >= 4 is 17.6 Å². The Kier molecular flexibility index (Phi) is 7.08. The molecule has 0 aliphatic carbocycles. The van der Waals surface area contributed by atoms with Crippen LogP contribution in [0.25, 0.3) is 0 Å². The molecule has 0 aliphatic heterocycles. The highest BCUT2D eigenvalue weighted by molar-refractivity contribution is 5.94. The van der Waals surface area contributed by atoms with Crippen molar-refractivity contribution in [3.63, 3.8) is 0 Å². The molecule has 8 heteroatoms. The third kappa shape index (κ3) is 4.64. The fourth-order valence-corrected chi connectivity index (χ4v) is 2.75. The molecule has 0 atom stereocenters. The maximum atomic E-state index is 12.4. The first-order chi connectivity index (χ1) is 13.4. The molecule has 8 nitrogen and oxygen atoms in total. The van der Waals surface area contributed by atoms with Crippen LogP contribution in [0.3, 0.4) is 0 Å². The Bertz CT molecular complexity index is 864. The minimum absolute atomic E-state index is 0.0740. The van der Waals surface area contributed by atoms with E-state index < -0.39 is 5.97 Å². The van der Waals surface area contributed by atoms with E-state index in [9.17, 15) is 9.59 Å². The fourth-order valence-electron chi connectivity index (χ4n) is 2.75. The number of methoxy groups -OCH3 is 4. The third-order valence-corrected chi connectivity index (χ3v) is 4.13. The molecule has 2 N–H and O–H groups in total. The van der Waals surface area contributed by atoms with Crippen molar-refractivity contribution in [2.45, 2.75) is 12.8 Å². The van der Waals surface area contributed by atoms with Gasteiger partial charge in [0, 0.05) is 6.42 Å². The molecule has 0 heterocycles. The number of benzene rings is 2. The Hall–Kier alpha value is -3.42. The number of hydrogen-bond donors (Lipinski definition) is 2. The van der Waals surface area contributed by atoms with E-state index in [1.54, 1.807) is 6.07 Å². The number of anilines is 1. The van der Waals surface area contributed by atoms with Gasteiger partial charge in [-0.1, -0.05) is 6.07 Å². The molecule has 0 aliphatic rings. The molecule has 0 saturated heterocycles. The van der Waals surface area contributed by atoms with Gasteiger partial charge in [-0.05, 0) is 36.2 Å². The van der Waals surface area contributed by atoms with Crippen molar-refractivity contribution in [1.82, 2.24) is 0 Å². The van der Waals surface area contributed by atoms with E-state index >= 15 is 0 Å². The van der Waals surface area contributed by atoms with E-state index in [1.165, 1.54) is 46.6 Å². The SMILES string of the molecule is COc1cc(C(=O)O)ccc1NC(=O)CCc1ccc(OC)c(OC)c1OC. The lowest BCUT2D eigenvalue weighted by atomic mass is 10.1. The summed E-state index contributed by atoms with van der Waals surface area (Å²) in [7, 11) is 5.98. The number of aryl methyl sites for hydroxylation is 1. The topological polar surface area (TPSA) is 103 Å².